The molecule has 2 aromatic heterocycles. The molecule has 0 saturated carbocycles. The minimum Gasteiger partial charge on any atom is -0.493 e. The van der Waals surface area contributed by atoms with Crippen molar-refractivity contribution in [3.05, 3.63) is 154 Å². The van der Waals surface area contributed by atoms with Gasteiger partial charge in [0.05, 0.1) is 36.0 Å². The van der Waals surface area contributed by atoms with Crippen LogP contribution in [0.2, 0.25) is 0 Å². The number of nitrogens with zero attached hydrogens (tertiary/aromatic N) is 6. The Balaban J connectivity index is 0.000000138. The summed E-state index contributed by atoms with van der Waals surface area (Å²) in [5, 5.41) is 9.61. The van der Waals surface area contributed by atoms with Crippen LogP contribution in [0.25, 0.3) is 11.4 Å². The fourth-order valence-electron chi connectivity index (χ4n) is 8.06. The number of rotatable bonds is 6. The Labute approximate surface area is 306 Å². The summed E-state index contributed by atoms with van der Waals surface area (Å²) < 4.78 is 15.5. The molecule has 264 valence electrons. The molecule has 0 radical (unpaired) electrons. The lowest BCUT2D eigenvalue weighted by Crippen LogP contribution is -2.32. The Kier molecular flexibility index (Phi) is 8.86. The average molecular weight is 691 g/mol. The van der Waals surface area contributed by atoms with E-state index in [2.05, 4.69) is 121 Å². The Bertz CT molecular complexity index is 2020. The highest BCUT2D eigenvalue weighted by Gasteiger charge is 2.27. The van der Waals surface area contributed by atoms with E-state index in [1.165, 1.54) is 44.8 Å². The van der Waals surface area contributed by atoms with Crippen LogP contribution in [0, 0.1) is 0 Å². The fourth-order valence-corrected chi connectivity index (χ4v) is 8.06. The molecule has 52 heavy (non-hydrogen) atoms. The molecule has 4 aliphatic heterocycles. The van der Waals surface area contributed by atoms with Gasteiger partial charge in [0.25, 0.3) is 0 Å². The van der Waals surface area contributed by atoms with Gasteiger partial charge < -0.3 is 9.47 Å². The first-order chi connectivity index (χ1) is 25.6. The van der Waals surface area contributed by atoms with Crippen molar-refractivity contribution >= 4 is 0 Å². The largest absolute Gasteiger partial charge is 0.493 e. The van der Waals surface area contributed by atoms with E-state index in [1.807, 2.05) is 21.5 Å². The van der Waals surface area contributed by atoms with Crippen LogP contribution >= 0.6 is 0 Å². The SMILES string of the molecule is C[C@@H](c1ccc2c(c1)OCC2)N1CCc2nn(-c3ccccc3)cc2C1.C[C@H](c1ccc2c(c1)OCC2)N1CCc2nn(-c3ccccc3)cc2C1. The van der Waals surface area contributed by atoms with Crippen molar-refractivity contribution in [2.24, 2.45) is 0 Å². The first-order valence-corrected chi connectivity index (χ1v) is 18.8. The second-order valence-electron chi connectivity index (χ2n) is 14.5. The molecule has 4 aromatic carbocycles. The van der Waals surface area contributed by atoms with Crippen LogP contribution in [-0.2, 0) is 38.8 Å². The highest BCUT2D eigenvalue weighted by Crippen LogP contribution is 2.34. The summed E-state index contributed by atoms with van der Waals surface area (Å²) in [6.07, 6.45) is 8.46. The maximum absolute atomic E-state index is 5.75. The number of para-hydroxylation sites is 2. The molecule has 8 heteroatoms. The standard InChI is InChI=1S/2C22H23N3O/c2*1-16(18-8-7-17-10-12-26-22(17)13-18)24-11-9-21-19(14-24)15-25(23-21)20-5-3-2-4-6-20/h2*2-8,13,15-16H,9-12,14H2,1H3/t2*16-/m10/s1. The van der Waals surface area contributed by atoms with E-state index >= 15 is 0 Å². The molecule has 10 rings (SSSR count). The van der Waals surface area contributed by atoms with Crippen LogP contribution in [0.5, 0.6) is 11.5 Å². The van der Waals surface area contributed by atoms with Crippen LogP contribution in [0.15, 0.2) is 109 Å². The fraction of sp³-hybridized carbons (Fsp3) is 0.318. The highest BCUT2D eigenvalue weighted by molar-refractivity contribution is 5.43. The molecule has 0 amide bonds. The van der Waals surface area contributed by atoms with Crippen LogP contribution in [0.3, 0.4) is 0 Å². The molecular weight excluding hydrogens is 645 g/mol. The van der Waals surface area contributed by atoms with Crippen LogP contribution in [0.1, 0.15) is 70.7 Å². The van der Waals surface area contributed by atoms with Crippen molar-refractivity contribution in [2.75, 3.05) is 26.3 Å². The minimum atomic E-state index is 0.373. The number of fused-ring (bicyclic) bond motifs is 4. The van der Waals surface area contributed by atoms with Gasteiger partial charge in [-0.15, -0.1) is 0 Å². The van der Waals surface area contributed by atoms with Crippen molar-refractivity contribution < 1.29 is 9.47 Å². The molecule has 2 atom stereocenters. The summed E-state index contributed by atoms with van der Waals surface area (Å²) in [5.74, 6) is 2.15. The number of hydrogen-bond acceptors (Lipinski definition) is 6. The second-order valence-corrected chi connectivity index (χ2v) is 14.5. The summed E-state index contributed by atoms with van der Waals surface area (Å²) in [4.78, 5) is 5.08. The van der Waals surface area contributed by atoms with Gasteiger partial charge in [0.15, 0.2) is 0 Å². The van der Waals surface area contributed by atoms with Gasteiger partial charge >= 0.3 is 0 Å². The van der Waals surface area contributed by atoms with Crippen molar-refractivity contribution in [2.45, 2.75) is 64.7 Å². The molecule has 6 aromatic rings. The van der Waals surface area contributed by atoms with Crippen molar-refractivity contribution in [3.63, 3.8) is 0 Å². The maximum Gasteiger partial charge on any atom is 0.122 e. The summed E-state index contributed by atoms with van der Waals surface area (Å²) in [6, 6.07) is 34.9. The number of benzene rings is 4. The van der Waals surface area contributed by atoms with Crippen LogP contribution in [0.4, 0.5) is 0 Å². The van der Waals surface area contributed by atoms with E-state index in [-0.39, 0.29) is 0 Å². The first kappa shape index (κ1) is 32.7. The molecule has 0 bridgehead atoms. The Morgan fingerprint density at radius 1 is 0.519 bits per heavy atom. The normalized spacial score (nSPS) is 17.4. The Morgan fingerprint density at radius 2 is 0.962 bits per heavy atom. The minimum absolute atomic E-state index is 0.373. The zero-order chi connectivity index (χ0) is 35.0. The van der Waals surface area contributed by atoms with Gasteiger partial charge in [0, 0.05) is 87.5 Å². The van der Waals surface area contributed by atoms with E-state index in [0.717, 1.165) is 87.9 Å². The zero-order valence-electron chi connectivity index (χ0n) is 30.1. The lowest BCUT2D eigenvalue weighted by molar-refractivity contribution is 0.191. The molecule has 4 aliphatic rings. The lowest BCUT2D eigenvalue weighted by Gasteiger charge is -2.32. The van der Waals surface area contributed by atoms with Gasteiger partial charge in [0.2, 0.25) is 0 Å². The van der Waals surface area contributed by atoms with E-state index < -0.39 is 0 Å². The van der Waals surface area contributed by atoms with E-state index in [1.54, 1.807) is 0 Å². The van der Waals surface area contributed by atoms with Gasteiger partial charge in [-0.05, 0) is 72.5 Å². The smallest absolute Gasteiger partial charge is 0.122 e. The second kappa shape index (κ2) is 14.1. The molecule has 8 nitrogen and oxygen atoms in total. The molecule has 6 heterocycles. The molecule has 0 saturated heterocycles. The molecule has 0 fully saturated rings. The van der Waals surface area contributed by atoms with Gasteiger partial charge in [-0.3, -0.25) is 9.80 Å². The third-order valence-electron chi connectivity index (χ3n) is 11.3. The van der Waals surface area contributed by atoms with E-state index in [4.69, 9.17) is 19.7 Å². The van der Waals surface area contributed by atoms with Crippen molar-refractivity contribution in [1.82, 2.24) is 29.4 Å². The monoisotopic (exact) mass is 690 g/mol. The van der Waals surface area contributed by atoms with Crippen molar-refractivity contribution in [3.8, 4) is 22.9 Å². The predicted octanol–water partition coefficient (Wildman–Crippen LogP) is 7.85. The Hall–Kier alpha value is -5.18. The van der Waals surface area contributed by atoms with E-state index in [9.17, 15) is 0 Å². The number of aromatic nitrogens is 4. The summed E-state index contributed by atoms with van der Waals surface area (Å²) in [6.45, 7) is 10.2. The van der Waals surface area contributed by atoms with Gasteiger partial charge in [-0.25, -0.2) is 9.36 Å². The summed E-state index contributed by atoms with van der Waals surface area (Å²) in [5.41, 5.74) is 12.7. The highest BCUT2D eigenvalue weighted by atomic mass is 16.5. The molecular formula is C44H46N6O2. The first-order valence-electron chi connectivity index (χ1n) is 18.8. The molecule has 0 aliphatic carbocycles. The molecule has 0 unspecified atom stereocenters. The Morgan fingerprint density at radius 3 is 1.40 bits per heavy atom. The van der Waals surface area contributed by atoms with Gasteiger partial charge in [-0.1, -0.05) is 60.7 Å². The third-order valence-corrected chi connectivity index (χ3v) is 11.3. The predicted molar refractivity (Wildman–Crippen MR) is 203 cm³/mol. The third kappa shape index (κ3) is 6.53. The number of ether oxygens (including phenoxy) is 2. The summed E-state index contributed by atoms with van der Waals surface area (Å²) in [7, 11) is 0. The van der Waals surface area contributed by atoms with Crippen molar-refractivity contribution in [1.29, 1.82) is 0 Å². The van der Waals surface area contributed by atoms with Gasteiger partial charge in [-0.2, -0.15) is 10.2 Å². The van der Waals surface area contributed by atoms with Gasteiger partial charge in [0.1, 0.15) is 11.5 Å². The van der Waals surface area contributed by atoms with Crippen LogP contribution in [-0.4, -0.2) is 55.7 Å². The summed E-state index contributed by atoms with van der Waals surface area (Å²) >= 11 is 0. The number of hydrogen-bond donors (Lipinski definition) is 0. The zero-order valence-corrected chi connectivity index (χ0v) is 30.1. The quantitative estimate of drug-likeness (QED) is 0.178. The topological polar surface area (TPSA) is 60.6 Å². The maximum atomic E-state index is 5.75. The average Bonchev–Trinajstić information content (AvgIpc) is 4.03. The molecule has 0 spiro atoms. The lowest BCUT2D eigenvalue weighted by atomic mass is 10.0. The molecule has 0 N–H and O–H groups in total. The van der Waals surface area contributed by atoms with Crippen LogP contribution < -0.4 is 9.47 Å². The van der Waals surface area contributed by atoms with E-state index in [0.29, 0.717) is 12.1 Å².